The number of ether oxygens (including phenoxy) is 1. The van der Waals surface area contributed by atoms with Crippen molar-refractivity contribution in [3.05, 3.63) is 0 Å². The van der Waals surface area contributed by atoms with E-state index in [1.807, 2.05) is 13.8 Å². The van der Waals surface area contributed by atoms with E-state index in [1.165, 1.54) is 0 Å². The van der Waals surface area contributed by atoms with E-state index in [9.17, 15) is 4.79 Å². The van der Waals surface area contributed by atoms with Crippen LogP contribution in [0.5, 0.6) is 0 Å². The number of carboxylic acids is 1. The van der Waals surface area contributed by atoms with Gasteiger partial charge in [0, 0.05) is 19.2 Å². The van der Waals surface area contributed by atoms with Crippen molar-refractivity contribution < 1.29 is 14.6 Å². The van der Waals surface area contributed by atoms with E-state index < -0.39 is 11.4 Å². The largest absolute Gasteiger partial charge is 0.481 e. The van der Waals surface area contributed by atoms with Gasteiger partial charge in [-0.2, -0.15) is 0 Å². The van der Waals surface area contributed by atoms with Crippen molar-refractivity contribution in [2.75, 3.05) is 19.7 Å². The van der Waals surface area contributed by atoms with Crippen molar-refractivity contribution in [1.29, 1.82) is 0 Å². The van der Waals surface area contributed by atoms with Gasteiger partial charge in [0.2, 0.25) is 0 Å². The number of carbonyl (C=O) groups is 1. The zero-order chi connectivity index (χ0) is 11.8. The van der Waals surface area contributed by atoms with Crippen LogP contribution in [0.2, 0.25) is 0 Å². The molecule has 0 amide bonds. The minimum Gasteiger partial charge on any atom is -0.481 e. The molecular weight excluding hydrogens is 206 g/mol. The quantitative estimate of drug-likeness (QED) is 0.787. The zero-order valence-electron chi connectivity index (χ0n) is 10.1. The third-order valence-corrected chi connectivity index (χ3v) is 4.01. The third-order valence-electron chi connectivity index (χ3n) is 4.01. The van der Waals surface area contributed by atoms with Crippen LogP contribution in [0.1, 0.15) is 33.1 Å². The molecule has 2 aliphatic rings. The van der Waals surface area contributed by atoms with Gasteiger partial charge in [0.25, 0.3) is 0 Å². The fourth-order valence-electron chi connectivity index (χ4n) is 2.69. The highest BCUT2D eigenvalue weighted by Gasteiger charge is 2.45. The topological polar surface area (TPSA) is 49.8 Å². The minimum absolute atomic E-state index is 0.409. The van der Waals surface area contributed by atoms with E-state index in [1.54, 1.807) is 0 Å². The molecule has 16 heavy (non-hydrogen) atoms. The number of hydrogen-bond donors (Lipinski definition) is 1. The van der Waals surface area contributed by atoms with Gasteiger partial charge in [-0.1, -0.05) is 0 Å². The zero-order valence-corrected chi connectivity index (χ0v) is 10.1. The van der Waals surface area contributed by atoms with E-state index >= 15 is 0 Å². The third kappa shape index (κ3) is 2.09. The first kappa shape index (κ1) is 11.9. The first-order valence-electron chi connectivity index (χ1n) is 6.14. The van der Waals surface area contributed by atoms with Crippen molar-refractivity contribution in [3.63, 3.8) is 0 Å². The van der Waals surface area contributed by atoms with Crippen LogP contribution in [0.25, 0.3) is 0 Å². The lowest BCUT2D eigenvalue weighted by Gasteiger charge is -2.41. The monoisotopic (exact) mass is 227 g/mol. The average Bonchev–Trinajstić information content (AvgIpc) is 2.55. The molecule has 2 rings (SSSR count). The Balaban J connectivity index is 1.80. The SMILES string of the molecule is CCOC1CC(N2CCC(C)(C(=O)O)C2)C1. The van der Waals surface area contributed by atoms with Crippen LogP contribution in [0.15, 0.2) is 0 Å². The lowest BCUT2D eigenvalue weighted by atomic mass is 9.87. The first-order chi connectivity index (χ1) is 7.55. The first-order valence-corrected chi connectivity index (χ1v) is 6.14. The molecule has 0 radical (unpaired) electrons. The van der Waals surface area contributed by atoms with Crippen molar-refractivity contribution in [2.24, 2.45) is 5.41 Å². The summed E-state index contributed by atoms with van der Waals surface area (Å²) in [6.07, 6.45) is 3.33. The van der Waals surface area contributed by atoms with Gasteiger partial charge in [0.15, 0.2) is 0 Å². The Labute approximate surface area is 96.6 Å². The fraction of sp³-hybridized carbons (Fsp3) is 0.917. The molecule has 1 N–H and O–H groups in total. The molecule has 1 unspecified atom stereocenters. The second-order valence-corrected chi connectivity index (χ2v) is 5.29. The highest BCUT2D eigenvalue weighted by molar-refractivity contribution is 5.74. The van der Waals surface area contributed by atoms with Gasteiger partial charge in [-0.05, 0) is 39.7 Å². The fourth-order valence-corrected chi connectivity index (χ4v) is 2.69. The van der Waals surface area contributed by atoms with Gasteiger partial charge >= 0.3 is 5.97 Å². The second kappa shape index (κ2) is 4.34. The molecule has 1 aliphatic carbocycles. The second-order valence-electron chi connectivity index (χ2n) is 5.29. The Kier molecular flexibility index (Phi) is 3.22. The van der Waals surface area contributed by atoms with E-state index in [-0.39, 0.29) is 0 Å². The number of carboxylic acid groups (broad SMARTS) is 1. The summed E-state index contributed by atoms with van der Waals surface area (Å²) in [5, 5.41) is 9.15. The highest BCUT2D eigenvalue weighted by atomic mass is 16.5. The number of hydrogen-bond acceptors (Lipinski definition) is 3. The summed E-state index contributed by atoms with van der Waals surface area (Å²) in [5.41, 5.74) is -0.531. The summed E-state index contributed by atoms with van der Waals surface area (Å²) in [5.74, 6) is -0.657. The normalized spacial score (nSPS) is 39.6. The van der Waals surface area contributed by atoms with Crippen molar-refractivity contribution in [1.82, 2.24) is 4.90 Å². The lowest BCUT2D eigenvalue weighted by Crippen LogP contribution is -2.48. The van der Waals surface area contributed by atoms with Crippen LogP contribution in [-0.2, 0) is 9.53 Å². The molecule has 92 valence electrons. The summed E-state index contributed by atoms with van der Waals surface area (Å²) in [7, 11) is 0. The van der Waals surface area contributed by atoms with Crippen LogP contribution in [0, 0.1) is 5.41 Å². The number of aliphatic carboxylic acids is 1. The minimum atomic E-state index is -0.657. The lowest BCUT2D eigenvalue weighted by molar-refractivity contribution is -0.147. The van der Waals surface area contributed by atoms with E-state index in [4.69, 9.17) is 9.84 Å². The summed E-state index contributed by atoms with van der Waals surface area (Å²) in [4.78, 5) is 13.4. The Morgan fingerprint density at radius 2 is 2.25 bits per heavy atom. The molecule has 0 aromatic rings. The Morgan fingerprint density at radius 1 is 1.56 bits per heavy atom. The molecule has 4 heteroatoms. The van der Waals surface area contributed by atoms with Gasteiger partial charge in [0.1, 0.15) is 0 Å². The Morgan fingerprint density at radius 3 is 2.75 bits per heavy atom. The van der Waals surface area contributed by atoms with Crippen LogP contribution in [-0.4, -0.2) is 47.8 Å². The van der Waals surface area contributed by atoms with Gasteiger partial charge in [-0.15, -0.1) is 0 Å². The Hall–Kier alpha value is -0.610. The molecule has 2 fully saturated rings. The summed E-state index contributed by atoms with van der Waals surface area (Å²) >= 11 is 0. The molecule has 0 aromatic carbocycles. The standard InChI is InChI=1S/C12H21NO3/c1-3-16-10-6-9(7-10)13-5-4-12(2,8-13)11(14)15/h9-10H,3-8H2,1-2H3,(H,14,15). The molecule has 4 nitrogen and oxygen atoms in total. The maximum absolute atomic E-state index is 11.1. The molecule has 1 saturated carbocycles. The van der Waals surface area contributed by atoms with Crippen LogP contribution in [0.4, 0.5) is 0 Å². The summed E-state index contributed by atoms with van der Waals surface area (Å²) in [6.45, 7) is 6.28. The molecule has 1 aliphatic heterocycles. The molecule has 0 spiro atoms. The maximum Gasteiger partial charge on any atom is 0.310 e. The van der Waals surface area contributed by atoms with Crippen molar-refractivity contribution in [2.45, 2.75) is 45.3 Å². The molecular formula is C12H21NO3. The molecule has 1 saturated heterocycles. The maximum atomic E-state index is 11.1. The molecule has 1 atom stereocenters. The highest BCUT2D eigenvalue weighted by Crippen LogP contribution is 2.37. The van der Waals surface area contributed by atoms with E-state index in [2.05, 4.69) is 4.90 Å². The van der Waals surface area contributed by atoms with Crippen molar-refractivity contribution in [3.8, 4) is 0 Å². The summed E-state index contributed by atoms with van der Waals surface area (Å²) in [6, 6.07) is 0.553. The molecule has 0 aromatic heterocycles. The predicted octanol–water partition coefficient (Wildman–Crippen LogP) is 1.35. The van der Waals surface area contributed by atoms with E-state index in [0.29, 0.717) is 18.7 Å². The number of nitrogens with zero attached hydrogens (tertiary/aromatic N) is 1. The smallest absolute Gasteiger partial charge is 0.310 e. The van der Waals surface area contributed by atoms with Gasteiger partial charge in [0.05, 0.1) is 11.5 Å². The Bertz CT molecular complexity index is 275. The van der Waals surface area contributed by atoms with Crippen LogP contribution in [0.3, 0.4) is 0 Å². The number of rotatable bonds is 4. The van der Waals surface area contributed by atoms with Crippen molar-refractivity contribution >= 4 is 5.97 Å². The molecule has 0 bridgehead atoms. The van der Waals surface area contributed by atoms with Gasteiger partial charge < -0.3 is 9.84 Å². The number of likely N-dealkylation sites (tertiary alicyclic amines) is 1. The van der Waals surface area contributed by atoms with Crippen LogP contribution < -0.4 is 0 Å². The van der Waals surface area contributed by atoms with Crippen LogP contribution >= 0.6 is 0 Å². The van der Waals surface area contributed by atoms with Gasteiger partial charge in [-0.3, -0.25) is 9.69 Å². The summed E-state index contributed by atoms with van der Waals surface area (Å²) < 4.78 is 5.52. The predicted molar refractivity (Wildman–Crippen MR) is 60.4 cm³/mol. The molecule has 1 heterocycles. The van der Waals surface area contributed by atoms with E-state index in [0.717, 1.165) is 32.4 Å². The van der Waals surface area contributed by atoms with Gasteiger partial charge in [-0.25, -0.2) is 0 Å². The average molecular weight is 227 g/mol.